The van der Waals surface area contributed by atoms with E-state index in [-0.39, 0.29) is 0 Å². The fourth-order valence-corrected chi connectivity index (χ4v) is 2.16. The highest BCUT2D eigenvalue weighted by atomic mass is 16.3. The van der Waals surface area contributed by atoms with E-state index in [0.29, 0.717) is 6.61 Å². The Kier molecular flexibility index (Phi) is 4.19. The average molecular weight is 220 g/mol. The maximum absolute atomic E-state index is 8.79. The first-order valence-corrected chi connectivity index (χ1v) is 6.03. The van der Waals surface area contributed by atoms with Crippen molar-refractivity contribution in [2.75, 3.05) is 44.2 Å². The SMILES string of the molecule is OCCCN1CCN(c2ccccc2)CC1. The minimum Gasteiger partial charge on any atom is -0.396 e. The van der Waals surface area contributed by atoms with Gasteiger partial charge in [-0.25, -0.2) is 0 Å². The number of rotatable bonds is 4. The summed E-state index contributed by atoms with van der Waals surface area (Å²) in [6.45, 7) is 5.73. The first kappa shape index (κ1) is 11.4. The van der Waals surface area contributed by atoms with Gasteiger partial charge in [0, 0.05) is 45.0 Å². The van der Waals surface area contributed by atoms with Crippen LogP contribution in [0.25, 0.3) is 0 Å². The summed E-state index contributed by atoms with van der Waals surface area (Å²) >= 11 is 0. The smallest absolute Gasteiger partial charge is 0.0443 e. The second kappa shape index (κ2) is 5.87. The molecule has 1 saturated heterocycles. The highest BCUT2D eigenvalue weighted by Crippen LogP contribution is 2.15. The van der Waals surface area contributed by atoms with Crippen molar-refractivity contribution in [2.24, 2.45) is 0 Å². The predicted molar refractivity (Wildman–Crippen MR) is 66.8 cm³/mol. The third-order valence-electron chi connectivity index (χ3n) is 3.13. The van der Waals surface area contributed by atoms with Crippen molar-refractivity contribution in [1.29, 1.82) is 0 Å². The van der Waals surface area contributed by atoms with Crippen LogP contribution in [0.2, 0.25) is 0 Å². The van der Waals surface area contributed by atoms with Crippen LogP contribution in [0.15, 0.2) is 30.3 Å². The summed E-state index contributed by atoms with van der Waals surface area (Å²) < 4.78 is 0. The zero-order valence-electron chi connectivity index (χ0n) is 9.68. The lowest BCUT2D eigenvalue weighted by Crippen LogP contribution is -2.46. The van der Waals surface area contributed by atoms with Crippen LogP contribution in [0.4, 0.5) is 5.69 Å². The van der Waals surface area contributed by atoms with Crippen LogP contribution < -0.4 is 4.90 Å². The second-order valence-electron chi connectivity index (χ2n) is 4.24. The maximum atomic E-state index is 8.79. The molecule has 0 bridgehead atoms. The molecule has 88 valence electrons. The molecule has 0 unspecified atom stereocenters. The number of hydrogen-bond acceptors (Lipinski definition) is 3. The Bertz CT molecular complexity index is 294. The summed E-state index contributed by atoms with van der Waals surface area (Å²) in [4.78, 5) is 4.85. The quantitative estimate of drug-likeness (QED) is 0.825. The number of benzene rings is 1. The Morgan fingerprint density at radius 1 is 1.00 bits per heavy atom. The van der Waals surface area contributed by atoms with E-state index in [1.807, 2.05) is 0 Å². The Balaban J connectivity index is 1.81. The van der Waals surface area contributed by atoms with Crippen LogP contribution in [0, 0.1) is 0 Å². The van der Waals surface area contributed by atoms with Crippen molar-refractivity contribution in [3.63, 3.8) is 0 Å². The predicted octanol–water partition coefficient (Wildman–Crippen LogP) is 1.19. The topological polar surface area (TPSA) is 26.7 Å². The van der Waals surface area contributed by atoms with Crippen molar-refractivity contribution in [1.82, 2.24) is 4.90 Å². The molecule has 1 aliphatic heterocycles. The molecule has 0 aliphatic carbocycles. The number of hydrogen-bond donors (Lipinski definition) is 1. The maximum Gasteiger partial charge on any atom is 0.0443 e. The van der Waals surface area contributed by atoms with Gasteiger partial charge in [-0.2, -0.15) is 0 Å². The van der Waals surface area contributed by atoms with Gasteiger partial charge in [0.05, 0.1) is 0 Å². The van der Waals surface area contributed by atoms with Gasteiger partial charge in [0.1, 0.15) is 0 Å². The third kappa shape index (κ3) is 2.97. The van der Waals surface area contributed by atoms with Crippen molar-refractivity contribution >= 4 is 5.69 Å². The van der Waals surface area contributed by atoms with Gasteiger partial charge in [-0.3, -0.25) is 4.90 Å². The lowest BCUT2D eigenvalue weighted by Gasteiger charge is -2.36. The molecule has 0 saturated carbocycles. The minimum atomic E-state index is 0.304. The lowest BCUT2D eigenvalue weighted by molar-refractivity contribution is 0.216. The fraction of sp³-hybridized carbons (Fsp3) is 0.538. The highest BCUT2D eigenvalue weighted by molar-refractivity contribution is 5.46. The van der Waals surface area contributed by atoms with Crippen molar-refractivity contribution in [2.45, 2.75) is 6.42 Å². The van der Waals surface area contributed by atoms with Gasteiger partial charge in [-0.15, -0.1) is 0 Å². The average Bonchev–Trinajstić information content (AvgIpc) is 2.38. The molecule has 0 aromatic heterocycles. The number of piperazine rings is 1. The van der Waals surface area contributed by atoms with Gasteiger partial charge in [0.2, 0.25) is 0 Å². The van der Waals surface area contributed by atoms with E-state index in [0.717, 1.165) is 39.1 Å². The van der Waals surface area contributed by atoms with E-state index in [1.54, 1.807) is 0 Å². The number of aliphatic hydroxyl groups excluding tert-OH is 1. The minimum absolute atomic E-state index is 0.304. The molecular weight excluding hydrogens is 200 g/mol. The van der Waals surface area contributed by atoms with Crippen LogP contribution in [0.1, 0.15) is 6.42 Å². The molecule has 0 spiro atoms. The van der Waals surface area contributed by atoms with Crippen LogP contribution in [-0.4, -0.2) is 49.3 Å². The zero-order valence-corrected chi connectivity index (χ0v) is 9.68. The number of nitrogens with zero attached hydrogens (tertiary/aromatic N) is 2. The van der Waals surface area contributed by atoms with Crippen LogP contribution in [-0.2, 0) is 0 Å². The molecule has 0 atom stereocenters. The lowest BCUT2D eigenvalue weighted by atomic mass is 10.2. The molecule has 1 aliphatic rings. The molecule has 16 heavy (non-hydrogen) atoms. The number of para-hydroxylation sites is 1. The van der Waals surface area contributed by atoms with Gasteiger partial charge < -0.3 is 10.0 Å². The zero-order chi connectivity index (χ0) is 11.2. The molecule has 3 nitrogen and oxygen atoms in total. The molecule has 1 heterocycles. The molecule has 2 rings (SSSR count). The molecular formula is C13H20N2O. The van der Waals surface area contributed by atoms with E-state index in [2.05, 4.69) is 40.1 Å². The van der Waals surface area contributed by atoms with E-state index >= 15 is 0 Å². The molecule has 0 radical (unpaired) electrons. The summed E-state index contributed by atoms with van der Waals surface area (Å²) in [7, 11) is 0. The summed E-state index contributed by atoms with van der Waals surface area (Å²) in [5.74, 6) is 0. The number of aliphatic hydroxyl groups is 1. The summed E-state index contributed by atoms with van der Waals surface area (Å²) in [5.41, 5.74) is 1.32. The van der Waals surface area contributed by atoms with Gasteiger partial charge in [0.15, 0.2) is 0 Å². The normalized spacial score (nSPS) is 17.7. The molecule has 1 aromatic rings. The molecule has 1 N–H and O–H groups in total. The van der Waals surface area contributed by atoms with Crippen molar-refractivity contribution in [3.8, 4) is 0 Å². The Hall–Kier alpha value is -1.06. The third-order valence-corrected chi connectivity index (χ3v) is 3.13. The Morgan fingerprint density at radius 2 is 1.69 bits per heavy atom. The monoisotopic (exact) mass is 220 g/mol. The standard InChI is InChI=1S/C13H20N2O/c16-12-4-7-14-8-10-15(11-9-14)13-5-2-1-3-6-13/h1-3,5-6,16H,4,7-12H2. The number of anilines is 1. The molecule has 3 heteroatoms. The summed E-state index contributed by atoms with van der Waals surface area (Å²) in [6.07, 6.45) is 0.894. The van der Waals surface area contributed by atoms with E-state index in [4.69, 9.17) is 5.11 Å². The van der Waals surface area contributed by atoms with Crippen LogP contribution in [0.3, 0.4) is 0 Å². The molecule has 1 fully saturated rings. The summed E-state index contributed by atoms with van der Waals surface area (Å²) in [6, 6.07) is 10.6. The van der Waals surface area contributed by atoms with Crippen LogP contribution >= 0.6 is 0 Å². The van der Waals surface area contributed by atoms with E-state index < -0.39 is 0 Å². The second-order valence-corrected chi connectivity index (χ2v) is 4.24. The van der Waals surface area contributed by atoms with Gasteiger partial charge >= 0.3 is 0 Å². The fourth-order valence-electron chi connectivity index (χ4n) is 2.16. The van der Waals surface area contributed by atoms with Crippen molar-refractivity contribution < 1.29 is 5.11 Å². The largest absolute Gasteiger partial charge is 0.396 e. The van der Waals surface area contributed by atoms with E-state index in [1.165, 1.54) is 5.69 Å². The first-order valence-electron chi connectivity index (χ1n) is 6.03. The molecule has 1 aromatic carbocycles. The van der Waals surface area contributed by atoms with Crippen molar-refractivity contribution in [3.05, 3.63) is 30.3 Å². The highest BCUT2D eigenvalue weighted by Gasteiger charge is 2.15. The first-order chi connectivity index (χ1) is 7.90. The Morgan fingerprint density at radius 3 is 2.31 bits per heavy atom. The van der Waals surface area contributed by atoms with Gasteiger partial charge in [0.25, 0.3) is 0 Å². The van der Waals surface area contributed by atoms with Crippen LogP contribution in [0.5, 0.6) is 0 Å². The summed E-state index contributed by atoms with van der Waals surface area (Å²) in [5, 5.41) is 8.79. The Labute approximate surface area is 97.3 Å². The van der Waals surface area contributed by atoms with Gasteiger partial charge in [-0.05, 0) is 18.6 Å². The molecule has 0 amide bonds. The van der Waals surface area contributed by atoms with E-state index in [9.17, 15) is 0 Å². The van der Waals surface area contributed by atoms with Gasteiger partial charge in [-0.1, -0.05) is 18.2 Å².